The second-order valence-corrected chi connectivity index (χ2v) is 6.92. The molecule has 0 saturated heterocycles. The molecule has 0 heterocycles. The number of rotatable bonds is 9. The lowest BCUT2D eigenvalue weighted by atomic mass is 10.5. The Hall–Kier alpha value is 0.420. The van der Waals surface area contributed by atoms with Crippen molar-refractivity contribution in [3.05, 3.63) is 0 Å². The van der Waals surface area contributed by atoms with Gasteiger partial charge in [-0.15, -0.1) is 0 Å². The molecule has 0 rings (SSSR count). The second-order valence-electron chi connectivity index (χ2n) is 2.77. The highest BCUT2D eigenvalue weighted by molar-refractivity contribution is 8.55. The average Bonchev–Trinajstić information content (AvgIpc) is 2.15. The molecule has 0 spiro atoms. The summed E-state index contributed by atoms with van der Waals surface area (Å²) in [4.78, 5) is 0. The molecule has 0 aromatic carbocycles. The summed E-state index contributed by atoms with van der Waals surface area (Å²) >= 11 is 1.07. The molecule has 0 aliphatic rings. The van der Waals surface area contributed by atoms with Crippen LogP contribution in [0.25, 0.3) is 0 Å². The van der Waals surface area contributed by atoms with Crippen molar-refractivity contribution < 1.29 is 23.8 Å². The van der Waals surface area contributed by atoms with Crippen LogP contribution in [0.2, 0.25) is 0 Å². The third kappa shape index (κ3) is 7.33. The summed E-state index contributed by atoms with van der Waals surface area (Å²) in [6.07, 6.45) is -0.359. The topological polar surface area (TPSA) is 76.0 Å². The molecule has 2 N–H and O–H groups in total. The Morgan fingerprint density at radius 2 is 2.13 bits per heavy atom. The molecule has 0 aromatic heterocycles. The fourth-order valence-corrected chi connectivity index (χ4v) is 4.33. The van der Waals surface area contributed by atoms with E-state index in [9.17, 15) is 9.67 Å². The van der Waals surface area contributed by atoms with Crippen LogP contribution in [0.5, 0.6) is 0 Å². The lowest BCUT2D eigenvalue weighted by Crippen LogP contribution is -2.12. The van der Waals surface area contributed by atoms with Gasteiger partial charge >= 0.3 is 6.80 Å². The normalized spacial score (nSPS) is 17.3. The summed E-state index contributed by atoms with van der Waals surface area (Å²) < 4.78 is 21.9. The van der Waals surface area contributed by atoms with E-state index in [0.29, 0.717) is 5.75 Å². The summed E-state index contributed by atoms with van der Waals surface area (Å²) in [5.41, 5.74) is 0. The Morgan fingerprint density at radius 1 is 1.47 bits per heavy atom. The minimum Gasteiger partial charge on any atom is -0.396 e. The van der Waals surface area contributed by atoms with Crippen molar-refractivity contribution in [3.8, 4) is 0 Å². The van der Waals surface area contributed by atoms with E-state index >= 15 is 0 Å². The van der Waals surface area contributed by atoms with Crippen molar-refractivity contribution >= 4 is 18.2 Å². The zero-order chi connectivity index (χ0) is 11.7. The first-order chi connectivity index (χ1) is 7.08. The molecule has 2 unspecified atom stereocenters. The summed E-state index contributed by atoms with van der Waals surface area (Å²) in [5.74, 6) is 0.642. The highest BCUT2D eigenvalue weighted by atomic mass is 32.7. The molecule has 0 bridgehead atoms. The fourth-order valence-electron chi connectivity index (χ4n) is 0.771. The summed E-state index contributed by atoms with van der Waals surface area (Å²) in [6, 6.07) is 0. The molecular weight excluding hydrogens is 239 g/mol. The Morgan fingerprint density at radius 3 is 2.60 bits per heavy atom. The van der Waals surface area contributed by atoms with Gasteiger partial charge in [0.2, 0.25) is 0 Å². The first-order valence-corrected chi connectivity index (χ1v) is 8.07. The molecule has 92 valence electrons. The molecule has 5 nitrogen and oxygen atoms in total. The Bertz CT molecular complexity index is 201. The zero-order valence-corrected chi connectivity index (χ0v) is 10.8. The smallest absolute Gasteiger partial charge is 0.391 e. The van der Waals surface area contributed by atoms with Gasteiger partial charge < -0.3 is 14.7 Å². The molecule has 0 amide bonds. The van der Waals surface area contributed by atoms with Gasteiger partial charge in [-0.1, -0.05) is 6.92 Å². The third-order valence-corrected chi connectivity index (χ3v) is 5.42. The molecular formula is C8H19O5PS. The van der Waals surface area contributed by atoms with E-state index < -0.39 is 13.1 Å². The SMILES string of the molecule is CCCSP(=O)(OCC)OC(O)CCO. The molecule has 0 saturated carbocycles. The molecule has 0 aromatic rings. The van der Waals surface area contributed by atoms with E-state index in [2.05, 4.69) is 0 Å². The van der Waals surface area contributed by atoms with Crippen molar-refractivity contribution in [1.82, 2.24) is 0 Å². The number of aliphatic hydroxyl groups is 2. The number of aliphatic hydroxyl groups excluding tert-OH is 2. The fraction of sp³-hybridized carbons (Fsp3) is 1.00. The summed E-state index contributed by atoms with van der Waals surface area (Å²) in [7, 11) is 0. The highest BCUT2D eigenvalue weighted by Crippen LogP contribution is 2.61. The standard InChI is InChI=1S/C8H19O5PS/c1-3-7-15-14(11,12-4-2)13-8(10)5-6-9/h8-10H,3-7H2,1-2H3. The van der Waals surface area contributed by atoms with Crippen LogP contribution in [-0.2, 0) is 13.6 Å². The van der Waals surface area contributed by atoms with Crippen LogP contribution in [0.15, 0.2) is 0 Å². The van der Waals surface area contributed by atoms with Gasteiger partial charge in [0.1, 0.15) is 0 Å². The molecule has 2 atom stereocenters. The van der Waals surface area contributed by atoms with Crippen LogP contribution in [0.4, 0.5) is 0 Å². The van der Waals surface area contributed by atoms with Crippen LogP contribution in [0.1, 0.15) is 26.7 Å². The summed E-state index contributed by atoms with van der Waals surface area (Å²) in [5, 5.41) is 17.8. The Kier molecular flexibility index (Phi) is 8.80. The van der Waals surface area contributed by atoms with Crippen molar-refractivity contribution in [2.75, 3.05) is 19.0 Å². The Labute approximate surface area is 94.4 Å². The zero-order valence-electron chi connectivity index (χ0n) is 9.09. The van der Waals surface area contributed by atoms with Crippen molar-refractivity contribution in [3.63, 3.8) is 0 Å². The van der Waals surface area contributed by atoms with Gasteiger partial charge in [-0.25, -0.2) is 4.57 Å². The van der Waals surface area contributed by atoms with Gasteiger partial charge in [-0.05, 0) is 24.7 Å². The molecule has 0 aliphatic carbocycles. The van der Waals surface area contributed by atoms with Crippen molar-refractivity contribution in [2.24, 2.45) is 0 Å². The predicted octanol–water partition coefficient (Wildman–Crippen LogP) is 1.99. The van der Waals surface area contributed by atoms with Gasteiger partial charge in [0.25, 0.3) is 0 Å². The van der Waals surface area contributed by atoms with E-state index in [-0.39, 0.29) is 19.6 Å². The number of hydrogen-bond acceptors (Lipinski definition) is 6. The molecule has 0 fully saturated rings. The maximum Gasteiger partial charge on any atom is 0.391 e. The lowest BCUT2D eigenvalue weighted by molar-refractivity contribution is -0.0382. The Balaban J connectivity index is 4.16. The molecule has 15 heavy (non-hydrogen) atoms. The van der Waals surface area contributed by atoms with Crippen LogP contribution >= 0.6 is 18.2 Å². The highest BCUT2D eigenvalue weighted by Gasteiger charge is 2.28. The van der Waals surface area contributed by atoms with Crippen LogP contribution in [-0.4, -0.2) is 35.5 Å². The quantitative estimate of drug-likeness (QED) is 0.486. The third-order valence-electron chi connectivity index (χ3n) is 1.37. The van der Waals surface area contributed by atoms with E-state index in [1.165, 1.54) is 0 Å². The number of hydrogen-bond donors (Lipinski definition) is 2. The van der Waals surface area contributed by atoms with Gasteiger partial charge in [0.15, 0.2) is 6.29 Å². The van der Waals surface area contributed by atoms with E-state index in [1.54, 1.807) is 6.92 Å². The van der Waals surface area contributed by atoms with Gasteiger partial charge in [0, 0.05) is 18.8 Å². The average molecular weight is 258 g/mol. The van der Waals surface area contributed by atoms with E-state index in [0.717, 1.165) is 17.8 Å². The molecule has 7 heteroatoms. The van der Waals surface area contributed by atoms with Gasteiger partial charge in [-0.2, -0.15) is 0 Å². The minimum atomic E-state index is -3.27. The largest absolute Gasteiger partial charge is 0.396 e. The van der Waals surface area contributed by atoms with Crippen LogP contribution in [0, 0.1) is 0 Å². The molecule has 0 aliphatic heterocycles. The van der Waals surface area contributed by atoms with Crippen LogP contribution < -0.4 is 0 Å². The summed E-state index contributed by atoms with van der Waals surface area (Å²) in [6.45, 7) is 0.442. The van der Waals surface area contributed by atoms with Crippen molar-refractivity contribution in [2.45, 2.75) is 33.0 Å². The van der Waals surface area contributed by atoms with Gasteiger partial charge in [0.05, 0.1) is 6.61 Å². The minimum absolute atomic E-state index is 0.0315. The first kappa shape index (κ1) is 15.4. The maximum atomic E-state index is 11.9. The van der Waals surface area contributed by atoms with Crippen molar-refractivity contribution in [1.29, 1.82) is 0 Å². The predicted molar refractivity (Wildman–Crippen MR) is 60.8 cm³/mol. The maximum absolute atomic E-state index is 11.9. The van der Waals surface area contributed by atoms with E-state index in [1.807, 2.05) is 6.92 Å². The first-order valence-electron chi connectivity index (χ1n) is 4.94. The monoisotopic (exact) mass is 258 g/mol. The van der Waals surface area contributed by atoms with E-state index in [4.69, 9.17) is 14.2 Å². The second kappa shape index (κ2) is 8.56. The van der Waals surface area contributed by atoms with Crippen LogP contribution in [0.3, 0.4) is 0 Å². The lowest BCUT2D eigenvalue weighted by Gasteiger charge is -2.19. The molecule has 0 radical (unpaired) electrons. The van der Waals surface area contributed by atoms with Gasteiger partial charge in [-0.3, -0.25) is 4.52 Å².